The van der Waals surface area contributed by atoms with Crippen LogP contribution in [-0.2, 0) is 17.6 Å². The first-order valence-corrected chi connectivity index (χ1v) is 8.14. The van der Waals surface area contributed by atoms with Gasteiger partial charge in [-0.25, -0.2) is 4.79 Å². The zero-order valence-electron chi connectivity index (χ0n) is 15.2. The van der Waals surface area contributed by atoms with Gasteiger partial charge in [0.05, 0.1) is 0 Å². The molecule has 0 atom stereocenters. The van der Waals surface area contributed by atoms with E-state index in [2.05, 4.69) is 45.1 Å². The molecular weight excluding hydrogens is 274 g/mol. The number of aryl methyl sites for hydroxylation is 2. The van der Waals surface area contributed by atoms with Gasteiger partial charge in [-0.1, -0.05) is 31.5 Å². The van der Waals surface area contributed by atoms with Crippen molar-refractivity contribution < 1.29 is 9.53 Å². The van der Waals surface area contributed by atoms with Gasteiger partial charge in [0.15, 0.2) is 0 Å². The van der Waals surface area contributed by atoms with Gasteiger partial charge in [-0.3, -0.25) is 0 Å². The largest absolute Gasteiger partial charge is 0.444 e. The van der Waals surface area contributed by atoms with Gasteiger partial charge in [-0.2, -0.15) is 0 Å². The van der Waals surface area contributed by atoms with Crippen molar-refractivity contribution in [1.82, 2.24) is 5.32 Å². The van der Waals surface area contributed by atoms with E-state index in [0.717, 1.165) is 12.8 Å². The molecule has 0 saturated heterocycles. The molecule has 0 aliphatic carbocycles. The molecule has 1 amide bonds. The van der Waals surface area contributed by atoms with Gasteiger partial charge in [0.1, 0.15) is 5.60 Å². The average molecular weight is 305 g/mol. The Kier molecular flexibility index (Phi) is 6.46. The van der Waals surface area contributed by atoms with Crippen molar-refractivity contribution in [3.05, 3.63) is 34.4 Å². The van der Waals surface area contributed by atoms with Gasteiger partial charge < -0.3 is 10.1 Å². The minimum Gasteiger partial charge on any atom is -0.444 e. The lowest BCUT2D eigenvalue weighted by Gasteiger charge is -2.20. The van der Waals surface area contributed by atoms with E-state index in [1.807, 2.05) is 20.8 Å². The van der Waals surface area contributed by atoms with Gasteiger partial charge in [-0.05, 0) is 70.1 Å². The first kappa shape index (κ1) is 18.5. The van der Waals surface area contributed by atoms with E-state index in [-0.39, 0.29) is 6.09 Å². The lowest BCUT2D eigenvalue weighted by molar-refractivity contribution is 0.0528. The van der Waals surface area contributed by atoms with Crippen LogP contribution in [0.1, 0.15) is 56.9 Å². The van der Waals surface area contributed by atoms with Crippen molar-refractivity contribution in [3.8, 4) is 0 Å². The Hall–Kier alpha value is -1.51. The molecule has 0 heterocycles. The maximum absolute atomic E-state index is 11.7. The standard InChI is InChI=1S/C19H31NO2/c1-13(2)10-16-12-14(3)11-15(4)17(16)8-9-20-18(21)22-19(5,6)7/h11-13H,8-10H2,1-7H3,(H,20,21). The summed E-state index contributed by atoms with van der Waals surface area (Å²) in [5, 5.41) is 2.85. The van der Waals surface area contributed by atoms with E-state index in [1.165, 1.54) is 22.3 Å². The number of carbonyl (C=O) groups excluding carboxylic acids is 1. The predicted octanol–water partition coefficient (Wildman–Crippen LogP) is 4.57. The molecule has 0 fully saturated rings. The third-order valence-electron chi connectivity index (χ3n) is 3.38. The maximum atomic E-state index is 11.7. The first-order chi connectivity index (χ1) is 10.1. The van der Waals surface area contributed by atoms with Crippen molar-refractivity contribution in [3.63, 3.8) is 0 Å². The smallest absolute Gasteiger partial charge is 0.407 e. The summed E-state index contributed by atoms with van der Waals surface area (Å²) >= 11 is 0. The molecule has 3 heteroatoms. The predicted molar refractivity (Wildman–Crippen MR) is 92.4 cm³/mol. The summed E-state index contributed by atoms with van der Waals surface area (Å²) < 4.78 is 5.27. The highest BCUT2D eigenvalue weighted by Crippen LogP contribution is 2.21. The van der Waals surface area contributed by atoms with Crippen LogP contribution in [0.2, 0.25) is 0 Å². The number of nitrogens with one attached hydrogen (secondary N) is 1. The number of amides is 1. The van der Waals surface area contributed by atoms with Gasteiger partial charge in [0.25, 0.3) is 0 Å². The van der Waals surface area contributed by atoms with Crippen LogP contribution >= 0.6 is 0 Å². The Labute approximate surface area is 135 Å². The van der Waals surface area contributed by atoms with Crippen LogP contribution in [-0.4, -0.2) is 18.2 Å². The summed E-state index contributed by atoms with van der Waals surface area (Å²) in [7, 11) is 0. The minimum absolute atomic E-state index is 0.345. The summed E-state index contributed by atoms with van der Waals surface area (Å²) in [6.07, 6.45) is 1.57. The first-order valence-electron chi connectivity index (χ1n) is 8.14. The second-order valence-electron chi connectivity index (χ2n) is 7.50. The SMILES string of the molecule is Cc1cc(C)c(CCNC(=O)OC(C)(C)C)c(CC(C)C)c1. The molecule has 1 aromatic rings. The lowest BCUT2D eigenvalue weighted by atomic mass is 9.91. The van der Waals surface area contributed by atoms with E-state index < -0.39 is 5.60 Å². The molecule has 22 heavy (non-hydrogen) atoms. The van der Waals surface area contributed by atoms with Crippen molar-refractivity contribution in [2.75, 3.05) is 6.54 Å². The molecule has 0 aromatic heterocycles. The van der Waals surface area contributed by atoms with Crippen LogP contribution in [0, 0.1) is 19.8 Å². The van der Waals surface area contributed by atoms with E-state index >= 15 is 0 Å². The summed E-state index contributed by atoms with van der Waals surface area (Å²) in [5.74, 6) is 0.624. The Balaban J connectivity index is 2.71. The van der Waals surface area contributed by atoms with Crippen LogP contribution in [0.5, 0.6) is 0 Å². The summed E-state index contributed by atoms with van der Waals surface area (Å²) in [6.45, 7) is 15.0. The summed E-state index contributed by atoms with van der Waals surface area (Å²) in [5.41, 5.74) is 4.92. The maximum Gasteiger partial charge on any atom is 0.407 e. The van der Waals surface area contributed by atoms with Crippen LogP contribution in [0.15, 0.2) is 12.1 Å². The number of rotatable bonds is 5. The molecule has 0 aliphatic rings. The van der Waals surface area contributed by atoms with Crippen molar-refractivity contribution in [1.29, 1.82) is 0 Å². The Morgan fingerprint density at radius 2 is 1.86 bits per heavy atom. The molecule has 0 spiro atoms. The Morgan fingerprint density at radius 3 is 2.41 bits per heavy atom. The summed E-state index contributed by atoms with van der Waals surface area (Å²) in [4.78, 5) is 11.7. The third-order valence-corrected chi connectivity index (χ3v) is 3.38. The van der Waals surface area contributed by atoms with Crippen molar-refractivity contribution in [2.24, 2.45) is 5.92 Å². The molecule has 0 bridgehead atoms. The molecule has 3 nitrogen and oxygen atoms in total. The Morgan fingerprint density at radius 1 is 1.23 bits per heavy atom. The highest BCUT2D eigenvalue weighted by atomic mass is 16.6. The number of benzene rings is 1. The van der Waals surface area contributed by atoms with Crippen LogP contribution in [0.25, 0.3) is 0 Å². The Bertz CT molecular complexity index is 513. The number of ether oxygens (including phenoxy) is 1. The molecule has 124 valence electrons. The molecular formula is C19H31NO2. The fourth-order valence-corrected chi connectivity index (χ4v) is 2.67. The number of hydrogen-bond donors (Lipinski definition) is 1. The second kappa shape index (κ2) is 7.66. The average Bonchev–Trinajstić information content (AvgIpc) is 2.29. The van der Waals surface area contributed by atoms with Gasteiger partial charge >= 0.3 is 6.09 Å². The third kappa shape index (κ3) is 6.50. The van der Waals surface area contributed by atoms with Gasteiger partial charge in [-0.15, -0.1) is 0 Å². The number of carbonyl (C=O) groups is 1. The fraction of sp³-hybridized carbons (Fsp3) is 0.632. The van der Waals surface area contributed by atoms with E-state index in [9.17, 15) is 4.79 Å². The zero-order valence-corrected chi connectivity index (χ0v) is 15.2. The minimum atomic E-state index is -0.452. The second-order valence-corrected chi connectivity index (χ2v) is 7.50. The van der Waals surface area contributed by atoms with Gasteiger partial charge in [0, 0.05) is 6.54 Å². The van der Waals surface area contributed by atoms with Crippen molar-refractivity contribution >= 4 is 6.09 Å². The molecule has 0 radical (unpaired) electrons. The molecule has 0 aliphatic heterocycles. The van der Waals surface area contributed by atoms with Crippen LogP contribution in [0.3, 0.4) is 0 Å². The van der Waals surface area contributed by atoms with Crippen LogP contribution in [0.4, 0.5) is 4.79 Å². The lowest BCUT2D eigenvalue weighted by Crippen LogP contribution is -2.33. The summed E-state index contributed by atoms with van der Waals surface area (Å²) in [6, 6.07) is 4.49. The molecule has 0 unspecified atom stereocenters. The normalized spacial score (nSPS) is 11.6. The van der Waals surface area contributed by atoms with Gasteiger partial charge in [0.2, 0.25) is 0 Å². The molecule has 1 aromatic carbocycles. The zero-order chi connectivity index (χ0) is 16.9. The number of hydrogen-bond acceptors (Lipinski definition) is 2. The topological polar surface area (TPSA) is 38.3 Å². The van der Waals surface area contributed by atoms with Crippen molar-refractivity contribution in [2.45, 2.75) is 66.9 Å². The van der Waals surface area contributed by atoms with Crippen LogP contribution < -0.4 is 5.32 Å². The monoisotopic (exact) mass is 305 g/mol. The molecule has 1 N–H and O–H groups in total. The number of alkyl carbamates (subject to hydrolysis) is 1. The van der Waals surface area contributed by atoms with E-state index in [0.29, 0.717) is 12.5 Å². The highest BCUT2D eigenvalue weighted by Gasteiger charge is 2.16. The highest BCUT2D eigenvalue weighted by molar-refractivity contribution is 5.67. The quantitative estimate of drug-likeness (QED) is 0.865. The fourth-order valence-electron chi connectivity index (χ4n) is 2.67. The molecule has 0 saturated carbocycles. The molecule has 1 rings (SSSR count). The van der Waals surface area contributed by atoms with E-state index in [4.69, 9.17) is 4.74 Å². The van der Waals surface area contributed by atoms with E-state index in [1.54, 1.807) is 0 Å².